The van der Waals surface area contributed by atoms with Crippen molar-refractivity contribution in [3.63, 3.8) is 0 Å². The first-order valence-corrected chi connectivity index (χ1v) is 7.17. The van der Waals surface area contributed by atoms with Crippen molar-refractivity contribution in [1.29, 1.82) is 0 Å². The van der Waals surface area contributed by atoms with E-state index in [1.165, 1.54) is 12.1 Å². The van der Waals surface area contributed by atoms with E-state index in [2.05, 4.69) is 0 Å². The Morgan fingerprint density at radius 2 is 1.91 bits per heavy atom. The van der Waals surface area contributed by atoms with Crippen LogP contribution in [0.4, 0.5) is 4.39 Å². The summed E-state index contributed by atoms with van der Waals surface area (Å²) < 4.78 is 16.0. The molecule has 6 heteroatoms. The zero-order valence-corrected chi connectivity index (χ0v) is 12.7. The van der Waals surface area contributed by atoms with Crippen LogP contribution in [0, 0.1) is 5.82 Å². The van der Waals surface area contributed by atoms with Gasteiger partial charge in [0.25, 0.3) is 0 Å². The van der Waals surface area contributed by atoms with E-state index in [-0.39, 0.29) is 12.1 Å². The highest BCUT2D eigenvalue weighted by molar-refractivity contribution is 6.42. The topological polar surface area (TPSA) is 42.2 Å². The van der Waals surface area contributed by atoms with Gasteiger partial charge in [-0.05, 0) is 24.3 Å². The first-order valence-electron chi connectivity index (χ1n) is 6.42. The molecule has 0 unspecified atom stereocenters. The Morgan fingerprint density at radius 3 is 2.64 bits per heavy atom. The molecule has 0 aliphatic rings. The fourth-order valence-corrected chi connectivity index (χ4v) is 2.70. The standard InChI is InChI=1S/C16H10Cl2FNO2/c17-12-6-9-4-5-20(14(9)7-13(12)18)8-10-2-1-3-11(15(10)19)16(21)22/h1-7H,8H2,(H,21,22). The Kier molecular flexibility index (Phi) is 3.81. The lowest BCUT2D eigenvalue weighted by molar-refractivity contribution is 0.0691. The van der Waals surface area contributed by atoms with Gasteiger partial charge < -0.3 is 9.67 Å². The largest absolute Gasteiger partial charge is 0.478 e. The Bertz CT molecular complexity index is 889. The summed E-state index contributed by atoms with van der Waals surface area (Å²) in [6.45, 7) is 0.203. The zero-order chi connectivity index (χ0) is 15.9. The summed E-state index contributed by atoms with van der Waals surface area (Å²) in [5.41, 5.74) is 0.757. The zero-order valence-electron chi connectivity index (χ0n) is 11.2. The second kappa shape index (κ2) is 5.63. The minimum absolute atomic E-state index is 0.203. The van der Waals surface area contributed by atoms with Crippen LogP contribution in [-0.2, 0) is 6.54 Å². The van der Waals surface area contributed by atoms with Gasteiger partial charge in [0.05, 0.1) is 22.2 Å². The number of hydrogen-bond donors (Lipinski definition) is 1. The molecule has 22 heavy (non-hydrogen) atoms. The van der Waals surface area contributed by atoms with Crippen LogP contribution in [0.5, 0.6) is 0 Å². The summed E-state index contributed by atoms with van der Waals surface area (Å²) in [5.74, 6) is -2.01. The van der Waals surface area contributed by atoms with Crippen molar-refractivity contribution in [3.8, 4) is 0 Å². The summed E-state index contributed by atoms with van der Waals surface area (Å²) in [4.78, 5) is 11.0. The lowest BCUT2D eigenvalue weighted by Crippen LogP contribution is -2.06. The molecule has 3 nitrogen and oxygen atoms in total. The molecule has 0 radical (unpaired) electrons. The summed E-state index contributed by atoms with van der Waals surface area (Å²) in [6, 6.07) is 9.61. The highest BCUT2D eigenvalue weighted by Gasteiger charge is 2.14. The fraction of sp³-hybridized carbons (Fsp3) is 0.0625. The molecule has 0 aliphatic heterocycles. The van der Waals surface area contributed by atoms with Gasteiger partial charge in [0, 0.05) is 22.7 Å². The van der Waals surface area contributed by atoms with Gasteiger partial charge in [-0.1, -0.05) is 35.3 Å². The lowest BCUT2D eigenvalue weighted by atomic mass is 10.1. The number of aromatic carboxylic acids is 1. The Morgan fingerprint density at radius 1 is 1.18 bits per heavy atom. The van der Waals surface area contributed by atoms with E-state index >= 15 is 0 Å². The second-order valence-corrected chi connectivity index (χ2v) is 5.67. The van der Waals surface area contributed by atoms with Crippen LogP contribution < -0.4 is 0 Å². The van der Waals surface area contributed by atoms with E-state index in [0.29, 0.717) is 15.6 Å². The van der Waals surface area contributed by atoms with Crippen molar-refractivity contribution >= 4 is 40.1 Å². The molecular weight excluding hydrogens is 328 g/mol. The van der Waals surface area contributed by atoms with Crippen LogP contribution in [0.3, 0.4) is 0 Å². The molecule has 0 saturated heterocycles. The number of aromatic nitrogens is 1. The van der Waals surface area contributed by atoms with Gasteiger partial charge in [0.15, 0.2) is 0 Å². The number of carboxylic acids is 1. The van der Waals surface area contributed by atoms with E-state index in [0.717, 1.165) is 10.9 Å². The van der Waals surface area contributed by atoms with Crippen molar-refractivity contribution in [2.45, 2.75) is 6.54 Å². The molecule has 0 spiro atoms. The lowest BCUT2D eigenvalue weighted by Gasteiger charge is -2.09. The number of carbonyl (C=O) groups is 1. The molecule has 3 rings (SSSR count). The number of nitrogens with zero attached hydrogens (tertiary/aromatic N) is 1. The maximum absolute atomic E-state index is 14.2. The molecule has 0 saturated carbocycles. The highest BCUT2D eigenvalue weighted by Crippen LogP contribution is 2.29. The predicted octanol–water partition coefficient (Wildman–Crippen LogP) is 4.83. The monoisotopic (exact) mass is 337 g/mol. The van der Waals surface area contributed by atoms with Gasteiger partial charge in [-0.25, -0.2) is 9.18 Å². The molecule has 1 heterocycles. The summed E-state index contributed by atoms with van der Waals surface area (Å²) in [6.07, 6.45) is 1.78. The van der Waals surface area contributed by atoms with Gasteiger partial charge in [-0.15, -0.1) is 0 Å². The van der Waals surface area contributed by atoms with Gasteiger partial charge in [-0.2, -0.15) is 0 Å². The van der Waals surface area contributed by atoms with E-state index in [4.69, 9.17) is 28.3 Å². The molecule has 0 bridgehead atoms. The molecule has 2 aromatic carbocycles. The number of carboxylic acid groups (broad SMARTS) is 1. The quantitative estimate of drug-likeness (QED) is 0.743. The maximum atomic E-state index is 14.2. The van der Waals surface area contributed by atoms with Crippen LogP contribution in [0.2, 0.25) is 10.0 Å². The molecule has 1 aromatic heterocycles. The predicted molar refractivity (Wildman–Crippen MR) is 84.4 cm³/mol. The van der Waals surface area contributed by atoms with Gasteiger partial charge in [-0.3, -0.25) is 0 Å². The SMILES string of the molecule is O=C(O)c1cccc(Cn2ccc3cc(Cl)c(Cl)cc32)c1F. The molecular formula is C16H10Cl2FNO2. The van der Waals surface area contributed by atoms with Crippen molar-refractivity contribution in [1.82, 2.24) is 4.57 Å². The first-order chi connectivity index (χ1) is 10.5. The highest BCUT2D eigenvalue weighted by atomic mass is 35.5. The summed E-state index contributed by atoms with van der Waals surface area (Å²) >= 11 is 12.0. The third-order valence-electron chi connectivity index (χ3n) is 3.46. The van der Waals surface area contributed by atoms with Crippen molar-refractivity contribution in [3.05, 3.63) is 69.6 Å². The third kappa shape index (κ3) is 2.56. The van der Waals surface area contributed by atoms with E-state index in [9.17, 15) is 9.18 Å². The van der Waals surface area contributed by atoms with Crippen LogP contribution in [0.15, 0.2) is 42.6 Å². The average molecular weight is 338 g/mol. The van der Waals surface area contributed by atoms with Crippen molar-refractivity contribution in [2.24, 2.45) is 0 Å². The number of fused-ring (bicyclic) bond motifs is 1. The molecule has 112 valence electrons. The molecule has 0 atom stereocenters. The Hall–Kier alpha value is -2.04. The van der Waals surface area contributed by atoms with E-state index in [1.807, 2.05) is 6.07 Å². The van der Waals surface area contributed by atoms with Crippen molar-refractivity contribution in [2.75, 3.05) is 0 Å². The van der Waals surface area contributed by atoms with Crippen LogP contribution in [0.25, 0.3) is 10.9 Å². The third-order valence-corrected chi connectivity index (χ3v) is 4.19. The number of halogens is 3. The van der Waals surface area contributed by atoms with Crippen LogP contribution >= 0.6 is 23.2 Å². The maximum Gasteiger partial charge on any atom is 0.338 e. The molecule has 0 fully saturated rings. The van der Waals surface area contributed by atoms with Crippen LogP contribution in [-0.4, -0.2) is 15.6 Å². The van der Waals surface area contributed by atoms with Gasteiger partial charge >= 0.3 is 5.97 Å². The summed E-state index contributed by atoms with van der Waals surface area (Å²) in [7, 11) is 0. The minimum Gasteiger partial charge on any atom is -0.478 e. The molecule has 1 N–H and O–H groups in total. The normalized spacial score (nSPS) is 11.0. The Labute approximate surface area is 135 Å². The van der Waals surface area contributed by atoms with Gasteiger partial charge in [0.2, 0.25) is 0 Å². The molecule has 0 aliphatic carbocycles. The molecule has 0 amide bonds. The first kappa shape index (κ1) is 14.9. The minimum atomic E-state index is -1.29. The van der Waals surface area contributed by atoms with Gasteiger partial charge in [0.1, 0.15) is 5.82 Å². The Balaban J connectivity index is 2.06. The number of hydrogen-bond acceptors (Lipinski definition) is 1. The second-order valence-electron chi connectivity index (χ2n) is 4.85. The summed E-state index contributed by atoms with van der Waals surface area (Å²) in [5, 5.41) is 10.7. The average Bonchev–Trinajstić information content (AvgIpc) is 2.84. The van der Waals surface area contributed by atoms with Crippen molar-refractivity contribution < 1.29 is 14.3 Å². The van der Waals surface area contributed by atoms with E-state index in [1.54, 1.807) is 29.0 Å². The fourth-order valence-electron chi connectivity index (χ4n) is 2.37. The van der Waals surface area contributed by atoms with E-state index < -0.39 is 11.8 Å². The molecule has 3 aromatic rings. The number of rotatable bonds is 3. The van der Waals surface area contributed by atoms with Crippen LogP contribution in [0.1, 0.15) is 15.9 Å². The number of benzene rings is 2. The smallest absolute Gasteiger partial charge is 0.338 e.